The molecule has 0 aliphatic heterocycles. The summed E-state index contributed by atoms with van der Waals surface area (Å²) in [6.07, 6.45) is 0.769. The minimum Gasteiger partial charge on any atom is -0.545 e. The van der Waals surface area contributed by atoms with Gasteiger partial charge in [0.25, 0.3) is 0 Å². The molecule has 0 radical (unpaired) electrons. The third-order valence-electron chi connectivity index (χ3n) is 0.355. The molecule has 0 atom stereocenters. The molecule has 44 valence electrons. The van der Waals surface area contributed by atoms with Gasteiger partial charge in [-0.05, 0) is 12.2 Å². The largest absolute Gasteiger partial charge is 1.00 e. The first kappa shape index (κ1) is 23.0. The quantitative estimate of drug-likeness (QED) is 0.314. The smallest absolute Gasteiger partial charge is 0.545 e. The topological polar surface area (TPSA) is 80.3 Å². The molecule has 0 unspecified atom stereocenters. The van der Waals surface area contributed by atoms with Crippen LogP contribution in [0, 0.1) is 0 Å². The Morgan fingerprint density at radius 2 is 1.00 bits per heavy atom. The molecule has 0 fully saturated rings. The molecule has 0 aromatic carbocycles. The van der Waals surface area contributed by atoms with Crippen LogP contribution in [0.1, 0.15) is 0 Å². The van der Waals surface area contributed by atoms with Gasteiger partial charge in [-0.3, -0.25) is 0 Å². The van der Waals surface area contributed by atoms with E-state index in [2.05, 4.69) is 0 Å². The molecule has 0 aliphatic rings. The van der Waals surface area contributed by atoms with E-state index in [1.807, 2.05) is 0 Å². The van der Waals surface area contributed by atoms with Gasteiger partial charge >= 0.3 is 88.7 Å². The molecule has 11 heavy (non-hydrogen) atoms. The van der Waals surface area contributed by atoms with Gasteiger partial charge in [-0.25, -0.2) is 0 Å². The minimum absolute atomic E-state index is 0. The second kappa shape index (κ2) is 14.2. The number of carboxylic acids is 2. The van der Waals surface area contributed by atoms with Crippen molar-refractivity contribution in [2.75, 3.05) is 0 Å². The fourth-order valence-corrected chi connectivity index (χ4v) is 0.136. The van der Waals surface area contributed by atoms with Gasteiger partial charge in [-0.2, -0.15) is 0 Å². The summed E-state index contributed by atoms with van der Waals surface area (Å²) in [5.41, 5.74) is 0. The molecule has 0 rings (SSSR count). The van der Waals surface area contributed by atoms with E-state index in [1.165, 1.54) is 0 Å². The second-order valence-corrected chi connectivity index (χ2v) is 0.971. The normalized spacial score (nSPS) is 6.91. The Morgan fingerprint density at radius 3 is 1.09 bits per heavy atom. The molecule has 4 nitrogen and oxygen atoms in total. The molecule has 0 heterocycles. The van der Waals surface area contributed by atoms with E-state index in [0.717, 1.165) is 0 Å². The maximum Gasteiger partial charge on any atom is 1.00 e. The van der Waals surface area contributed by atoms with Crippen LogP contribution in [-0.4, -0.2) is 11.9 Å². The average Bonchev–Trinajstić information content (AvgIpc) is 1.61. The summed E-state index contributed by atoms with van der Waals surface area (Å²) in [5, 5.41) is 18.8. The Kier molecular flexibility index (Phi) is 29.7. The zero-order valence-corrected chi connectivity index (χ0v) is 12.8. The number of carbonyl (C=O) groups excluding carboxylic acids is 2. The van der Waals surface area contributed by atoms with Gasteiger partial charge in [0.15, 0.2) is 0 Å². The van der Waals surface area contributed by atoms with Crippen LogP contribution in [0.2, 0.25) is 0 Å². The zero-order chi connectivity index (χ0) is 6.57. The van der Waals surface area contributed by atoms with Gasteiger partial charge in [-0.15, -0.1) is 0 Å². The number of hydrogen-bond donors (Lipinski definition) is 0. The maximum atomic E-state index is 9.41. The second-order valence-electron chi connectivity index (χ2n) is 0.971. The van der Waals surface area contributed by atoms with Gasteiger partial charge in [0.1, 0.15) is 0 Å². The molecule has 0 aromatic rings. The number of carboxylic acid groups (broad SMARTS) is 2. The van der Waals surface area contributed by atoms with Crippen molar-refractivity contribution in [3.8, 4) is 0 Å². The molecule has 0 aliphatic carbocycles. The number of aliphatic carboxylic acids is 2. The van der Waals surface area contributed by atoms with Crippen molar-refractivity contribution in [2.45, 2.75) is 0 Å². The fourth-order valence-electron chi connectivity index (χ4n) is 0.136. The molecule has 0 spiro atoms. The Morgan fingerprint density at radius 1 is 0.818 bits per heavy atom. The summed E-state index contributed by atoms with van der Waals surface area (Å²) in [4.78, 5) is 18.8. The predicted octanol–water partition coefficient (Wildman–Crippen LogP) is -11.9. The Balaban J connectivity index is -0.0000000817. The fraction of sp³-hybridized carbons (Fsp3) is 0. The van der Waals surface area contributed by atoms with Crippen molar-refractivity contribution in [1.29, 1.82) is 0 Å². The van der Waals surface area contributed by atoms with E-state index < -0.39 is 11.9 Å². The van der Waals surface area contributed by atoms with Gasteiger partial charge in [0.05, 0.1) is 11.9 Å². The molecule has 0 N–H and O–H groups in total. The SMILES string of the molecule is O=C([O-])C=CC(=O)[O-].[Na+].[Na+].[Na+]. The molecule has 0 bridgehead atoms. The van der Waals surface area contributed by atoms with E-state index in [9.17, 15) is 19.8 Å². The number of carbonyl (C=O) groups is 2. The van der Waals surface area contributed by atoms with E-state index in [4.69, 9.17) is 0 Å². The third kappa shape index (κ3) is 24.5. The Bertz CT molecular complexity index is 128. The van der Waals surface area contributed by atoms with Crippen LogP contribution in [0.5, 0.6) is 0 Å². The van der Waals surface area contributed by atoms with Gasteiger partial charge < -0.3 is 19.8 Å². The van der Waals surface area contributed by atoms with E-state index >= 15 is 0 Å². The number of rotatable bonds is 2. The Labute approximate surface area is 130 Å². The summed E-state index contributed by atoms with van der Waals surface area (Å²) in [5.74, 6) is -3.09. The van der Waals surface area contributed by atoms with Crippen LogP contribution < -0.4 is 98.9 Å². The van der Waals surface area contributed by atoms with Crippen molar-refractivity contribution in [3.63, 3.8) is 0 Å². The standard InChI is InChI=1S/C4H4O4.3Na/c5-3(6)1-2-4(7)8;;;/h1-2H,(H,5,6)(H,7,8);;;/q;3*+1/p-2. The van der Waals surface area contributed by atoms with Crippen LogP contribution in [0.3, 0.4) is 0 Å². The van der Waals surface area contributed by atoms with Gasteiger partial charge in [-0.1, -0.05) is 0 Å². The first-order chi connectivity index (χ1) is 3.63. The molecular weight excluding hydrogens is 181 g/mol. The zero-order valence-electron chi connectivity index (χ0n) is 6.79. The van der Waals surface area contributed by atoms with Gasteiger partial charge in [0, 0.05) is 0 Å². The molecule has 0 amide bonds. The molecule has 7 heteroatoms. The molecule has 0 saturated carbocycles. The van der Waals surface area contributed by atoms with Crippen LogP contribution >= 0.6 is 0 Å². The van der Waals surface area contributed by atoms with Crippen LogP contribution in [0.4, 0.5) is 0 Å². The third-order valence-corrected chi connectivity index (χ3v) is 0.355. The summed E-state index contributed by atoms with van der Waals surface area (Å²) < 4.78 is 0. The van der Waals surface area contributed by atoms with Crippen molar-refractivity contribution < 1.29 is 108 Å². The van der Waals surface area contributed by atoms with Crippen LogP contribution in [-0.2, 0) is 9.59 Å². The van der Waals surface area contributed by atoms with E-state index in [0.29, 0.717) is 12.2 Å². The van der Waals surface area contributed by atoms with Crippen molar-refractivity contribution in [2.24, 2.45) is 0 Å². The molecule has 0 aromatic heterocycles. The van der Waals surface area contributed by atoms with Crippen molar-refractivity contribution in [1.82, 2.24) is 0 Å². The molecule has 0 saturated heterocycles. The predicted molar refractivity (Wildman–Crippen MR) is 19.2 cm³/mol. The van der Waals surface area contributed by atoms with Crippen LogP contribution in [0.25, 0.3) is 0 Å². The number of hydrogen-bond acceptors (Lipinski definition) is 4. The average molecular weight is 183 g/mol. The van der Waals surface area contributed by atoms with Crippen LogP contribution in [0.15, 0.2) is 12.2 Å². The minimum atomic E-state index is -1.55. The van der Waals surface area contributed by atoms with Crippen molar-refractivity contribution in [3.05, 3.63) is 12.2 Å². The summed E-state index contributed by atoms with van der Waals surface area (Å²) in [6.45, 7) is 0. The monoisotopic (exact) mass is 183 g/mol. The first-order valence-corrected chi connectivity index (χ1v) is 1.73. The summed E-state index contributed by atoms with van der Waals surface area (Å²) in [6, 6.07) is 0. The summed E-state index contributed by atoms with van der Waals surface area (Å²) in [7, 11) is 0. The van der Waals surface area contributed by atoms with E-state index in [-0.39, 0.29) is 88.7 Å². The Hall–Kier alpha value is 1.68. The van der Waals surface area contributed by atoms with Crippen molar-refractivity contribution >= 4 is 11.9 Å². The maximum absolute atomic E-state index is 9.41. The molecular formula is C4H2Na3O4+. The van der Waals surface area contributed by atoms with Gasteiger partial charge in [0.2, 0.25) is 0 Å². The summed E-state index contributed by atoms with van der Waals surface area (Å²) >= 11 is 0. The first-order valence-electron chi connectivity index (χ1n) is 1.73. The van der Waals surface area contributed by atoms with E-state index in [1.54, 1.807) is 0 Å².